The van der Waals surface area contributed by atoms with Crippen molar-refractivity contribution >= 4 is 27.9 Å². The van der Waals surface area contributed by atoms with Crippen molar-refractivity contribution in [1.82, 2.24) is 4.72 Å². The van der Waals surface area contributed by atoms with Crippen LogP contribution in [0.2, 0.25) is 0 Å². The molecule has 0 spiro atoms. The van der Waals surface area contributed by atoms with Gasteiger partial charge in [-0.2, -0.15) is 0 Å². The number of ether oxygens (including phenoxy) is 2. The van der Waals surface area contributed by atoms with Gasteiger partial charge in [-0.3, -0.25) is 14.4 Å². The fraction of sp³-hybridized carbons (Fsp3) is 0.406. The van der Waals surface area contributed by atoms with Crippen molar-refractivity contribution in [2.24, 2.45) is 0 Å². The van der Waals surface area contributed by atoms with Gasteiger partial charge in [0.25, 0.3) is 15.9 Å². The van der Waals surface area contributed by atoms with Crippen LogP contribution in [-0.4, -0.2) is 26.3 Å². The fourth-order valence-electron chi connectivity index (χ4n) is 4.23. The van der Waals surface area contributed by atoms with Crippen LogP contribution in [0.5, 0.6) is 11.5 Å². The fourth-order valence-corrected chi connectivity index (χ4v) is 5.21. The molecule has 0 atom stereocenters. The highest BCUT2D eigenvalue weighted by Crippen LogP contribution is 2.38. The molecule has 0 heterocycles. The molecule has 2 rings (SSSR count). The van der Waals surface area contributed by atoms with Gasteiger partial charge in [0.2, 0.25) is 0 Å². The van der Waals surface area contributed by atoms with Crippen LogP contribution < -0.4 is 14.2 Å². The van der Waals surface area contributed by atoms with Gasteiger partial charge in [-0.25, -0.2) is 13.1 Å². The minimum atomic E-state index is -4.22. The van der Waals surface area contributed by atoms with Gasteiger partial charge >= 0.3 is 11.9 Å². The molecule has 0 aliphatic carbocycles. The summed E-state index contributed by atoms with van der Waals surface area (Å²) in [6.07, 6.45) is 8.70. The van der Waals surface area contributed by atoms with E-state index in [1.54, 1.807) is 24.3 Å². The summed E-state index contributed by atoms with van der Waals surface area (Å²) in [6, 6.07) is 9.11. The molecule has 0 aromatic heterocycles. The molecule has 41 heavy (non-hydrogen) atoms. The number of allylic oxidation sites excluding steroid dienone is 4. The summed E-state index contributed by atoms with van der Waals surface area (Å²) in [5.41, 5.74) is 2.91. The summed E-state index contributed by atoms with van der Waals surface area (Å²) in [5.74, 6) is -2.16. The Morgan fingerprint density at radius 3 is 2.15 bits per heavy atom. The molecule has 1 amide bonds. The molecule has 8 nitrogen and oxygen atoms in total. The third-order valence-electron chi connectivity index (χ3n) is 6.23. The standard InChI is InChI=1S/C32H41NO7S/c1-7-8-10-16-26-21-29(39-24(5)34)28(20-19-23(4)15-13-14-22(2)3)31(40-25(6)35)30(26)32(36)33-41(37,38)27-17-11-9-12-18-27/h9,11-12,14,17-19,21H,7-8,10,13,15-16,20H2,1-6H3,(H,33,36)/b23-19+. The third-order valence-corrected chi connectivity index (χ3v) is 7.57. The quantitative estimate of drug-likeness (QED) is 0.115. The molecular weight excluding hydrogens is 542 g/mol. The molecule has 0 radical (unpaired) electrons. The lowest BCUT2D eigenvalue weighted by Gasteiger charge is -2.20. The number of esters is 2. The van der Waals surface area contributed by atoms with E-state index in [9.17, 15) is 22.8 Å². The van der Waals surface area contributed by atoms with Gasteiger partial charge in [-0.05, 0) is 76.6 Å². The number of rotatable bonds is 14. The van der Waals surface area contributed by atoms with Crippen molar-refractivity contribution in [2.75, 3.05) is 0 Å². The Morgan fingerprint density at radius 1 is 0.902 bits per heavy atom. The van der Waals surface area contributed by atoms with Crippen molar-refractivity contribution in [3.63, 3.8) is 0 Å². The van der Waals surface area contributed by atoms with Crippen LogP contribution in [0.1, 0.15) is 95.1 Å². The Bertz CT molecular complexity index is 1400. The second-order valence-electron chi connectivity index (χ2n) is 10.2. The molecular formula is C32H41NO7S. The zero-order valence-electron chi connectivity index (χ0n) is 24.8. The smallest absolute Gasteiger partial charge is 0.308 e. The van der Waals surface area contributed by atoms with Crippen LogP contribution in [0.15, 0.2) is 64.6 Å². The Hall–Kier alpha value is -3.72. The molecule has 0 aliphatic rings. The lowest BCUT2D eigenvalue weighted by atomic mass is 9.94. The van der Waals surface area contributed by atoms with Crippen LogP contribution >= 0.6 is 0 Å². The van der Waals surface area contributed by atoms with Gasteiger partial charge in [0.1, 0.15) is 5.75 Å². The molecule has 0 unspecified atom stereocenters. The van der Waals surface area contributed by atoms with Gasteiger partial charge in [0.05, 0.1) is 10.5 Å². The summed E-state index contributed by atoms with van der Waals surface area (Å²) >= 11 is 0. The number of amides is 1. The number of sulfonamides is 1. The average molecular weight is 584 g/mol. The van der Waals surface area contributed by atoms with Gasteiger partial charge in [0.15, 0.2) is 5.75 Å². The topological polar surface area (TPSA) is 116 Å². The lowest BCUT2D eigenvalue weighted by Crippen LogP contribution is -2.32. The number of benzene rings is 2. The molecule has 2 aromatic carbocycles. The van der Waals surface area contributed by atoms with E-state index in [0.29, 0.717) is 24.0 Å². The first-order valence-corrected chi connectivity index (χ1v) is 15.3. The van der Waals surface area contributed by atoms with Crippen molar-refractivity contribution in [2.45, 2.75) is 91.4 Å². The summed E-state index contributed by atoms with van der Waals surface area (Å²) in [7, 11) is -4.22. The van der Waals surface area contributed by atoms with E-state index < -0.39 is 27.9 Å². The van der Waals surface area contributed by atoms with E-state index in [4.69, 9.17) is 9.47 Å². The highest BCUT2D eigenvalue weighted by Gasteiger charge is 2.29. The number of nitrogens with one attached hydrogen (secondary N) is 1. The second kappa shape index (κ2) is 15.9. The molecule has 0 saturated heterocycles. The Morgan fingerprint density at radius 2 is 1.56 bits per heavy atom. The summed E-state index contributed by atoms with van der Waals surface area (Å²) < 4.78 is 39.4. The molecule has 0 bridgehead atoms. The van der Waals surface area contributed by atoms with E-state index in [1.807, 2.05) is 33.8 Å². The number of hydrogen-bond acceptors (Lipinski definition) is 7. The number of carbonyl (C=O) groups is 3. The Balaban J connectivity index is 2.73. The Kier molecular flexibility index (Phi) is 13.0. The van der Waals surface area contributed by atoms with E-state index in [-0.39, 0.29) is 28.4 Å². The second-order valence-corrected chi connectivity index (χ2v) is 11.9. The predicted octanol–water partition coefficient (Wildman–Crippen LogP) is 6.62. The van der Waals surface area contributed by atoms with Gasteiger partial charge < -0.3 is 9.47 Å². The lowest BCUT2D eigenvalue weighted by molar-refractivity contribution is -0.132. The normalized spacial score (nSPS) is 11.5. The van der Waals surface area contributed by atoms with Gasteiger partial charge in [0, 0.05) is 19.4 Å². The SMILES string of the molecule is CCCCCc1cc(OC(C)=O)c(C/C=C(\C)CCC=C(C)C)c(OC(C)=O)c1C(=O)NS(=O)(=O)c1ccccc1. The van der Waals surface area contributed by atoms with Crippen molar-refractivity contribution in [1.29, 1.82) is 0 Å². The largest absolute Gasteiger partial charge is 0.426 e. The highest BCUT2D eigenvalue weighted by molar-refractivity contribution is 7.90. The molecule has 9 heteroatoms. The molecule has 0 aliphatic heterocycles. The van der Waals surface area contributed by atoms with Crippen LogP contribution in [0.4, 0.5) is 0 Å². The first kappa shape index (κ1) is 33.5. The van der Waals surface area contributed by atoms with Gasteiger partial charge in [-0.1, -0.05) is 61.3 Å². The first-order chi connectivity index (χ1) is 19.4. The van der Waals surface area contributed by atoms with Crippen LogP contribution in [0, 0.1) is 0 Å². The number of hydrogen-bond donors (Lipinski definition) is 1. The number of carbonyl (C=O) groups excluding carboxylic acids is 3. The van der Waals surface area contributed by atoms with Crippen molar-refractivity contribution in [3.05, 3.63) is 76.4 Å². The number of aryl methyl sites for hydroxylation is 1. The maximum absolute atomic E-state index is 13.7. The predicted molar refractivity (Wildman–Crippen MR) is 160 cm³/mol. The van der Waals surface area contributed by atoms with Crippen LogP contribution in [0.25, 0.3) is 0 Å². The maximum atomic E-state index is 13.7. The molecule has 2 aromatic rings. The maximum Gasteiger partial charge on any atom is 0.308 e. The minimum Gasteiger partial charge on any atom is -0.426 e. The van der Waals surface area contributed by atoms with Crippen molar-refractivity contribution < 1.29 is 32.3 Å². The minimum absolute atomic E-state index is 0.0719. The summed E-state index contributed by atoms with van der Waals surface area (Å²) in [6.45, 7) is 10.5. The van der Waals surface area contributed by atoms with Crippen LogP contribution in [-0.2, 0) is 32.5 Å². The molecule has 1 N–H and O–H groups in total. The summed E-state index contributed by atoms with van der Waals surface area (Å²) in [5, 5.41) is 0. The molecule has 222 valence electrons. The summed E-state index contributed by atoms with van der Waals surface area (Å²) in [4.78, 5) is 38.0. The zero-order valence-corrected chi connectivity index (χ0v) is 25.7. The average Bonchev–Trinajstić information content (AvgIpc) is 2.87. The van der Waals surface area contributed by atoms with E-state index in [1.165, 1.54) is 31.6 Å². The first-order valence-electron chi connectivity index (χ1n) is 13.8. The van der Waals surface area contributed by atoms with Crippen LogP contribution in [0.3, 0.4) is 0 Å². The van der Waals surface area contributed by atoms with Gasteiger partial charge in [-0.15, -0.1) is 0 Å². The monoisotopic (exact) mass is 583 g/mol. The van der Waals surface area contributed by atoms with Crippen molar-refractivity contribution in [3.8, 4) is 11.5 Å². The third kappa shape index (κ3) is 10.6. The Labute approximate surface area is 243 Å². The molecule has 0 saturated carbocycles. The highest BCUT2D eigenvalue weighted by atomic mass is 32.2. The van der Waals surface area contributed by atoms with E-state index in [0.717, 1.165) is 31.3 Å². The molecule has 0 fully saturated rings. The van der Waals surface area contributed by atoms with E-state index >= 15 is 0 Å². The zero-order chi connectivity index (χ0) is 30.6. The number of unbranched alkanes of at least 4 members (excludes halogenated alkanes) is 2. The van der Waals surface area contributed by atoms with E-state index in [2.05, 4.69) is 10.8 Å².